The molecular weight excluding hydrogens is 284 g/mol. The third kappa shape index (κ3) is 3.61. The Labute approximate surface area is 133 Å². The van der Waals surface area contributed by atoms with Gasteiger partial charge in [0.2, 0.25) is 0 Å². The normalized spacial score (nSPS) is 22.7. The van der Waals surface area contributed by atoms with Crippen molar-refractivity contribution in [2.75, 3.05) is 13.1 Å². The Morgan fingerprint density at radius 3 is 2.67 bits per heavy atom. The summed E-state index contributed by atoms with van der Waals surface area (Å²) in [6.45, 7) is 11.9. The molecule has 0 aromatic carbocycles. The van der Waals surface area contributed by atoms with E-state index in [1.54, 1.807) is 0 Å². The highest BCUT2D eigenvalue weighted by atomic mass is 35.5. The lowest BCUT2D eigenvalue weighted by molar-refractivity contribution is 0.0542. The molecule has 0 saturated carbocycles. The molecule has 120 valence electrons. The molecule has 0 spiro atoms. The first-order chi connectivity index (χ1) is 9.89. The first kappa shape index (κ1) is 16.8. The van der Waals surface area contributed by atoms with Gasteiger partial charge < -0.3 is 5.32 Å². The van der Waals surface area contributed by atoms with Crippen LogP contribution in [0.5, 0.6) is 0 Å². The van der Waals surface area contributed by atoms with Crippen molar-refractivity contribution in [2.45, 2.75) is 65.1 Å². The van der Waals surface area contributed by atoms with Crippen LogP contribution in [0.25, 0.3) is 0 Å². The maximum absolute atomic E-state index is 6.51. The fraction of sp³-hybridized carbons (Fsp3) is 0.812. The number of aromatic nitrogens is 2. The summed E-state index contributed by atoms with van der Waals surface area (Å²) < 4.78 is 1.95. The van der Waals surface area contributed by atoms with Gasteiger partial charge in [-0.05, 0) is 26.7 Å². The van der Waals surface area contributed by atoms with Gasteiger partial charge in [-0.3, -0.25) is 9.58 Å². The molecule has 1 unspecified atom stereocenters. The molecule has 1 aromatic heterocycles. The lowest BCUT2D eigenvalue weighted by Gasteiger charge is -2.46. The second-order valence-electron chi connectivity index (χ2n) is 6.74. The topological polar surface area (TPSA) is 33.1 Å². The predicted molar refractivity (Wildman–Crippen MR) is 88.8 cm³/mol. The van der Waals surface area contributed by atoms with Crippen molar-refractivity contribution in [3.8, 4) is 0 Å². The van der Waals surface area contributed by atoms with E-state index in [0.717, 1.165) is 42.5 Å². The summed E-state index contributed by atoms with van der Waals surface area (Å²) in [6, 6.07) is 0.584. The van der Waals surface area contributed by atoms with Gasteiger partial charge in [-0.25, -0.2) is 0 Å². The van der Waals surface area contributed by atoms with E-state index < -0.39 is 0 Å². The molecule has 0 bridgehead atoms. The number of rotatable bonds is 5. The highest BCUT2D eigenvalue weighted by Gasteiger charge is 2.34. The van der Waals surface area contributed by atoms with Gasteiger partial charge in [0.05, 0.1) is 16.4 Å². The zero-order valence-electron chi connectivity index (χ0n) is 14.0. The van der Waals surface area contributed by atoms with Crippen molar-refractivity contribution < 1.29 is 0 Å². The minimum Gasteiger partial charge on any atom is -0.311 e. The van der Waals surface area contributed by atoms with Gasteiger partial charge in [-0.15, -0.1) is 0 Å². The Morgan fingerprint density at radius 2 is 2.10 bits per heavy atom. The molecule has 1 saturated heterocycles. The third-order valence-electron chi connectivity index (χ3n) is 4.60. The van der Waals surface area contributed by atoms with Crippen LogP contribution in [0.2, 0.25) is 5.02 Å². The number of nitrogens with zero attached hydrogens (tertiary/aromatic N) is 3. The van der Waals surface area contributed by atoms with Gasteiger partial charge in [0.1, 0.15) is 0 Å². The number of hydrogen-bond acceptors (Lipinski definition) is 3. The van der Waals surface area contributed by atoms with Crippen LogP contribution >= 0.6 is 11.6 Å². The number of piperazine rings is 1. The molecule has 0 aliphatic carbocycles. The maximum atomic E-state index is 6.51. The highest BCUT2D eigenvalue weighted by Crippen LogP contribution is 2.27. The molecular formula is C16H29ClN4. The van der Waals surface area contributed by atoms with Crippen molar-refractivity contribution in [3.05, 3.63) is 16.4 Å². The molecule has 2 rings (SSSR count). The van der Waals surface area contributed by atoms with E-state index in [-0.39, 0.29) is 5.54 Å². The molecule has 1 aliphatic heterocycles. The monoisotopic (exact) mass is 312 g/mol. The van der Waals surface area contributed by atoms with Gasteiger partial charge in [-0.2, -0.15) is 5.10 Å². The standard InChI is InChI=1S/C16H29ClN4/c1-6-8-12-9-21(16(3,4)11-18-12)10-14-15(17)13(7-2)19-20(14)5/h12,18H,6-11H2,1-5H3. The van der Waals surface area contributed by atoms with E-state index in [0.29, 0.717) is 6.04 Å². The lowest BCUT2D eigenvalue weighted by Crippen LogP contribution is -2.61. The average molecular weight is 313 g/mol. The Balaban J connectivity index is 2.17. The molecule has 2 heterocycles. The van der Waals surface area contributed by atoms with E-state index in [1.807, 2.05) is 11.7 Å². The van der Waals surface area contributed by atoms with E-state index >= 15 is 0 Å². The van der Waals surface area contributed by atoms with Crippen LogP contribution in [0.1, 0.15) is 51.9 Å². The summed E-state index contributed by atoms with van der Waals surface area (Å²) in [6.07, 6.45) is 3.33. The molecule has 1 aromatic rings. The highest BCUT2D eigenvalue weighted by molar-refractivity contribution is 6.31. The number of halogens is 1. The first-order valence-electron chi connectivity index (χ1n) is 8.07. The molecule has 4 nitrogen and oxygen atoms in total. The maximum Gasteiger partial charge on any atom is 0.0863 e. The number of hydrogen-bond donors (Lipinski definition) is 1. The van der Waals surface area contributed by atoms with Crippen LogP contribution < -0.4 is 5.32 Å². The zero-order chi connectivity index (χ0) is 15.6. The molecule has 1 fully saturated rings. The molecule has 0 amide bonds. The van der Waals surface area contributed by atoms with Crippen LogP contribution in [-0.4, -0.2) is 39.4 Å². The molecule has 1 aliphatic rings. The Hall–Kier alpha value is -0.580. The van der Waals surface area contributed by atoms with Gasteiger partial charge in [0.15, 0.2) is 0 Å². The van der Waals surface area contributed by atoms with Crippen LogP contribution in [0, 0.1) is 0 Å². The van der Waals surface area contributed by atoms with Crippen LogP contribution in [0.15, 0.2) is 0 Å². The number of nitrogens with one attached hydrogen (secondary N) is 1. The zero-order valence-corrected chi connectivity index (χ0v) is 14.8. The lowest BCUT2D eigenvalue weighted by atomic mass is 9.95. The second-order valence-corrected chi connectivity index (χ2v) is 7.12. The van der Waals surface area contributed by atoms with Crippen LogP contribution in [0.4, 0.5) is 0 Å². The third-order valence-corrected chi connectivity index (χ3v) is 5.04. The fourth-order valence-corrected chi connectivity index (χ4v) is 3.43. The SMILES string of the molecule is CCCC1CN(Cc2c(Cl)c(CC)nn2C)C(C)(C)CN1. The minimum absolute atomic E-state index is 0.143. The van der Waals surface area contributed by atoms with Crippen LogP contribution in [0.3, 0.4) is 0 Å². The van der Waals surface area contributed by atoms with E-state index in [2.05, 4.69) is 43.0 Å². The Kier molecular flexibility index (Phi) is 5.33. The van der Waals surface area contributed by atoms with Crippen LogP contribution in [-0.2, 0) is 20.0 Å². The minimum atomic E-state index is 0.143. The summed E-state index contributed by atoms with van der Waals surface area (Å²) in [7, 11) is 2.00. The number of aryl methyl sites for hydroxylation is 2. The fourth-order valence-electron chi connectivity index (χ4n) is 3.08. The smallest absolute Gasteiger partial charge is 0.0863 e. The Bertz CT molecular complexity index is 481. The largest absolute Gasteiger partial charge is 0.311 e. The van der Waals surface area contributed by atoms with Crippen molar-refractivity contribution in [1.29, 1.82) is 0 Å². The van der Waals surface area contributed by atoms with Crippen molar-refractivity contribution in [1.82, 2.24) is 20.0 Å². The molecule has 1 atom stereocenters. The van der Waals surface area contributed by atoms with Gasteiger partial charge >= 0.3 is 0 Å². The Morgan fingerprint density at radius 1 is 1.38 bits per heavy atom. The van der Waals surface area contributed by atoms with Crippen molar-refractivity contribution in [3.63, 3.8) is 0 Å². The average Bonchev–Trinajstić information content (AvgIpc) is 2.70. The van der Waals surface area contributed by atoms with Crippen molar-refractivity contribution in [2.24, 2.45) is 7.05 Å². The van der Waals surface area contributed by atoms with E-state index in [9.17, 15) is 0 Å². The summed E-state index contributed by atoms with van der Waals surface area (Å²) in [5.74, 6) is 0. The predicted octanol–water partition coefficient (Wildman–Crippen LogP) is 2.99. The van der Waals surface area contributed by atoms with Gasteiger partial charge in [-0.1, -0.05) is 31.9 Å². The molecule has 21 heavy (non-hydrogen) atoms. The second kappa shape index (κ2) is 6.67. The molecule has 0 radical (unpaired) electrons. The van der Waals surface area contributed by atoms with Crippen molar-refractivity contribution >= 4 is 11.6 Å². The summed E-state index contributed by atoms with van der Waals surface area (Å²) in [5.41, 5.74) is 2.29. The summed E-state index contributed by atoms with van der Waals surface area (Å²) in [5, 5.41) is 9.06. The van der Waals surface area contributed by atoms with E-state index in [4.69, 9.17) is 11.6 Å². The van der Waals surface area contributed by atoms with E-state index in [1.165, 1.54) is 12.8 Å². The summed E-state index contributed by atoms with van der Waals surface area (Å²) in [4.78, 5) is 2.55. The van der Waals surface area contributed by atoms with Gasteiger partial charge in [0.25, 0.3) is 0 Å². The van der Waals surface area contributed by atoms with Gasteiger partial charge in [0, 0.05) is 38.3 Å². The first-order valence-corrected chi connectivity index (χ1v) is 8.45. The quantitative estimate of drug-likeness (QED) is 0.907. The summed E-state index contributed by atoms with van der Waals surface area (Å²) >= 11 is 6.51. The molecule has 1 N–H and O–H groups in total. The molecule has 5 heteroatoms.